The molecule has 0 saturated carbocycles. The third-order valence-corrected chi connectivity index (χ3v) is 13.9. The molecule has 5 heterocycles. The van der Waals surface area contributed by atoms with E-state index in [9.17, 15) is 24.6 Å². The highest BCUT2D eigenvalue weighted by Gasteiger charge is 2.61. The van der Waals surface area contributed by atoms with Gasteiger partial charge in [-0.3, -0.25) is 9.59 Å². The third-order valence-electron chi connectivity index (χ3n) is 13.9. The first-order chi connectivity index (χ1) is 27.1. The number of aliphatic hydroxyl groups is 2. The Balaban J connectivity index is 1.70. The number of cyclic esters (lactones) is 1. The molecule has 332 valence electrons. The van der Waals surface area contributed by atoms with E-state index in [0.29, 0.717) is 19.3 Å². The van der Waals surface area contributed by atoms with Crippen LogP contribution >= 0.6 is 0 Å². The second-order valence-corrected chi connectivity index (χ2v) is 18.5. The number of hydrogen-bond acceptors (Lipinski definition) is 14. The van der Waals surface area contributed by atoms with Crippen molar-refractivity contribution >= 4 is 17.8 Å². The second kappa shape index (κ2) is 18.4. The molecule has 1 amide bonds. The zero-order chi connectivity index (χ0) is 43.1. The molecule has 0 unspecified atom stereocenters. The number of ketones is 1. The summed E-state index contributed by atoms with van der Waals surface area (Å²) >= 11 is 0. The van der Waals surface area contributed by atoms with Crippen molar-refractivity contribution in [3.8, 4) is 0 Å². The third kappa shape index (κ3) is 9.18. The van der Waals surface area contributed by atoms with E-state index in [-0.39, 0.29) is 43.9 Å². The Morgan fingerprint density at radius 3 is 2.28 bits per heavy atom. The van der Waals surface area contributed by atoms with Gasteiger partial charge in [0, 0.05) is 43.9 Å². The van der Waals surface area contributed by atoms with Gasteiger partial charge in [0.15, 0.2) is 18.2 Å². The molecule has 0 aromatic rings. The Labute approximate surface area is 345 Å². The summed E-state index contributed by atoms with van der Waals surface area (Å²) in [6, 6.07) is -1.02. The van der Waals surface area contributed by atoms with Gasteiger partial charge in [-0.25, -0.2) is 4.79 Å². The lowest BCUT2D eigenvalue weighted by molar-refractivity contribution is -0.320. The number of esters is 1. The summed E-state index contributed by atoms with van der Waals surface area (Å²) in [6.45, 7) is 18.7. The molecule has 5 aliphatic rings. The lowest BCUT2D eigenvalue weighted by Crippen LogP contribution is -2.62. The number of carbonyl (C=O) groups excluding carboxylic acids is 3. The van der Waals surface area contributed by atoms with E-state index in [4.69, 9.17) is 37.9 Å². The number of nitrogens with zero attached hydrogens (tertiary/aromatic N) is 2. The van der Waals surface area contributed by atoms with Crippen molar-refractivity contribution in [3.05, 3.63) is 12.2 Å². The molecule has 2 N–H and O–H groups in total. The molecule has 2 bridgehead atoms. The average Bonchev–Trinajstić information content (AvgIpc) is 3.43. The molecule has 5 aliphatic heterocycles. The van der Waals surface area contributed by atoms with Crippen LogP contribution in [-0.2, 0) is 47.5 Å². The molecular formula is C43H72N2O13. The molecule has 0 aromatic carbocycles. The van der Waals surface area contributed by atoms with Crippen LogP contribution in [0.2, 0.25) is 0 Å². The monoisotopic (exact) mass is 825 g/mol. The van der Waals surface area contributed by atoms with Crippen LogP contribution in [0.3, 0.4) is 0 Å². The van der Waals surface area contributed by atoms with Crippen LogP contribution in [0.5, 0.6) is 0 Å². The van der Waals surface area contributed by atoms with Gasteiger partial charge < -0.3 is 57.9 Å². The zero-order valence-corrected chi connectivity index (χ0v) is 37.0. The van der Waals surface area contributed by atoms with Crippen molar-refractivity contribution in [2.24, 2.45) is 23.7 Å². The molecule has 0 aliphatic carbocycles. The molecule has 0 radical (unpaired) electrons. The van der Waals surface area contributed by atoms with Crippen LogP contribution in [-0.4, -0.2) is 156 Å². The number of fused-ring (bicyclic) bond motifs is 4. The number of methoxy groups -OCH3 is 1. The van der Waals surface area contributed by atoms with Gasteiger partial charge in [0.2, 0.25) is 0 Å². The predicted octanol–water partition coefficient (Wildman–Crippen LogP) is 4.24. The molecule has 58 heavy (non-hydrogen) atoms. The van der Waals surface area contributed by atoms with Gasteiger partial charge in [0.05, 0.1) is 54.2 Å². The fourth-order valence-electron chi connectivity index (χ4n) is 10.4. The Kier molecular flexibility index (Phi) is 14.9. The fraction of sp³-hybridized carbons (Fsp3) is 0.884. The van der Waals surface area contributed by atoms with Crippen molar-refractivity contribution in [1.29, 1.82) is 0 Å². The maximum absolute atomic E-state index is 14.8. The zero-order valence-electron chi connectivity index (χ0n) is 37.0. The lowest BCUT2D eigenvalue weighted by Gasteiger charge is -2.50. The van der Waals surface area contributed by atoms with Gasteiger partial charge in [0.25, 0.3) is 0 Å². The van der Waals surface area contributed by atoms with Gasteiger partial charge in [-0.05, 0) is 81.3 Å². The van der Waals surface area contributed by atoms with Crippen LogP contribution in [0, 0.1) is 23.7 Å². The van der Waals surface area contributed by atoms with E-state index in [1.807, 2.05) is 72.7 Å². The van der Waals surface area contributed by atoms with E-state index in [0.717, 1.165) is 0 Å². The Morgan fingerprint density at radius 1 is 0.948 bits per heavy atom. The van der Waals surface area contributed by atoms with Crippen molar-refractivity contribution < 1.29 is 62.5 Å². The highest BCUT2D eigenvalue weighted by molar-refractivity contribution is 5.85. The number of aliphatic hydroxyl groups excluding tert-OH is 2. The van der Waals surface area contributed by atoms with Crippen LogP contribution in [0.15, 0.2) is 12.2 Å². The van der Waals surface area contributed by atoms with Gasteiger partial charge in [-0.15, -0.1) is 0 Å². The molecular weight excluding hydrogens is 752 g/mol. The minimum Gasteiger partial charge on any atom is -0.458 e. The van der Waals surface area contributed by atoms with Crippen LogP contribution in [0.1, 0.15) is 101 Å². The predicted molar refractivity (Wildman–Crippen MR) is 212 cm³/mol. The Bertz CT molecular complexity index is 1480. The number of ether oxygens (including phenoxy) is 8. The Morgan fingerprint density at radius 2 is 1.64 bits per heavy atom. The van der Waals surface area contributed by atoms with E-state index in [2.05, 4.69) is 0 Å². The minimum absolute atomic E-state index is 0.107. The number of rotatable bonds is 7. The number of Topliss-reactive ketones (excluding diaryl/α,β-unsaturated/α-hetero) is 1. The summed E-state index contributed by atoms with van der Waals surface area (Å²) in [5.41, 5.74) is -3.62. The largest absolute Gasteiger partial charge is 0.458 e. The molecule has 4 saturated heterocycles. The van der Waals surface area contributed by atoms with Gasteiger partial charge in [-0.2, -0.15) is 0 Å². The first-order valence-electron chi connectivity index (χ1n) is 21.3. The van der Waals surface area contributed by atoms with Crippen molar-refractivity contribution in [2.45, 2.75) is 186 Å². The normalized spacial score (nSPS) is 47.9. The molecule has 0 spiro atoms. The van der Waals surface area contributed by atoms with Crippen LogP contribution < -0.4 is 0 Å². The minimum atomic E-state index is -1.36. The first kappa shape index (κ1) is 46.8. The molecule has 0 aromatic heterocycles. The number of likely N-dealkylation sites (N-methyl/N-ethyl adjacent to an activating group) is 1. The van der Waals surface area contributed by atoms with Gasteiger partial charge >= 0.3 is 12.1 Å². The Hall–Kier alpha value is -2.21. The smallest absolute Gasteiger partial charge is 0.410 e. The number of amides is 1. The maximum atomic E-state index is 14.8. The average molecular weight is 825 g/mol. The highest BCUT2D eigenvalue weighted by atomic mass is 16.7. The number of carbonyl (C=O) groups is 3. The van der Waals surface area contributed by atoms with E-state index in [1.54, 1.807) is 32.6 Å². The van der Waals surface area contributed by atoms with Gasteiger partial charge in [0.1, 0.15) is 24.1 Å². The quantitative estimate of drug-likeness (QED) is 0.276. The molecule has 15 nitrogen and oxygen atoms in total. The maximum Gasteiger partial charge on any atom is 0.410 e. The standard InChI is InChI=1S/C43H72N2O13/c1-14-30-43(10)35-25(4)32(46)23(2)21-42(9,52-19-17-15-16-18-45(35)40(50)58-43)37(57-39-33(47)29(44(11)12)20-24(3)53-39)26(5)34(27(6)38(49)55-30)56-31-22-41(8,51-13)36(48)28(7)54-31/h15,17,23-31,33-37,39,47-48H,14,16,18-22H2,1-13H3/b17-15+/t23-,24-,25+,26+,27-,28+,29+,30-,31+,33-,34+,35+,36+,37-,39+,41-,42-,43-/m1/s1. The van der Waals surface area contributed by atoms with Crippen LogP contribution in [0.4, 0.5) is 4.79 Å². The summed E-state index contributed by atoms with van der Waals surface area (Å²) < 4.78 is 51.8. The lowest BCUT2D eigenvalue weighted by atomic mass is 9.73. The van der Waals surface area contributed by atoms with Crippen LogP contribution in [0.25, 0.3) is 0 Å². The van der Waals surface area contributed by atoms with E-state index >= 15 is 0 Å². The first-order valence-corrected chi connectivity index (χ1v) is 21.3. The molecule has 4 fully saturated rings. The van der Waals surface area contributed by atoms with E-state index in [1.165, 1.54) is 7.11 Å². The molecule has 18 atom stereocenters. The van der Waals surface area contributed by atoms with E-state index < -0.39 is 108 Å². The summed E-state index contributed by atoms with van der Waals surface area (Å²) in [6.07, 6.45) is -2.87. The topological polar surface area (TPSA) is 172 Å². The summed E-state index contributed by atoms with van der Waals surface area (Å²) in [5, 5.41) is 22.9. The molecule has 5 rings (SSSR count). The van der Waals surface area contributed by atoms with Crippen molar-refractivity contribution in [3.63, 3.8) is 0 Å². The highest BCUT2D eigenvalue weighted by Crippen LogP contribution is 2.45. The number of hydrogen-bond donors (Lipinski definition) is 2. The van der Waals surface area contributed by atoms with Gasteiger partial charge in [-0.1, -0.05) is 39.8 Å². The summed E-state index contributed by atoms with van der Waals surface area (Å²) in [4.78, 5) is 46.8. The summed E-state index contributed by atoms with van der Waals surface area (Å²) in [5.74, 6) is -3.70. The van der Waals surface area contributed by atoms with Crippen molar-refractivity contribution in [1.82, 2.24) is 9.80 Å². The second-order valence-electron chi connectivity index (χ2n) is 18.5. The van der Waals surface area contributed by atoms with Crippen molar-refractivity contribution in [2.75, 3.05) is 34.4 Å². The fourth-order valence-corrected chi connectivity index (χ4v) is 10.4. The summed E-state index contributed by atoms with van der Waals surface area (Å²) in [7, 11) is 5.33. The SMILES string of the molecule is CC[C@H]1OC(=O)[C@H](C)[C@@H](O[C@H]2C[C@@](C)(OC)[C@@H](O)[C@H](C)O2)[C@H](C)[C@@H](O[C@@H]2O[C@H](C)C[C@H](N(C)C)[C@H]2O)[C@@]2(C)C[C@@H](C)C(=O)[C@H](C)[C@@H]3N(CC/C=C/CO2)C(=O)O[C@@]31C. The molecule has 15 heteroatoms.